The molecule has 2 N–H and O–H groups in total. The number of carbonyl (C=O) groups excluding carboxylic acids is 3. The molecule has 0 fully saturated rings. The number of esters is 1. The molecule has 29 heavy (non-hydrogen) atoms. The summed E-state index contributed by atoms with van der Waals surface area (Å²) in [5.41, 5.74) is 2.09. The molecule has 10 heteroatoms. The van der Waals surface area contributed by atoms with E-state index in [0.29, 0.717) is 5.69 Å². The van der Waals surface area contributed by atoms with Crippen LogP contribution in [0.2, 0.25) is 5.02 Å². The van der Waals surface area contributed by atoms with Crippen LogP contribution in [-0.4, -0.2) is 35.9 Å². The third kappa shape index (κ3) is 6.58. The summed E-state index contributed by atoms with van der Waals surface area (Å²) in [5.74, 6) is -2.11. The van der Waals surface area contributed by atoms with Crippen LogP contribution in [0, 0.1) is 24.0 Å². The van der Waals surface area contributed by atoms with Crippen molar-refractivity contribution < 1.29 is 24.0 Å². The molecule has 0 saturated carbocycles. The van der Waals surface area contributed by atoms with Crippen molar-refractivity contribution in [2.75, 3.05) is 18.5 Å². The number of benzene rings is 2. The number of carbonyl (C=O) groups is 3. The molecule has 0 saturated heterocycles. The molecule has 152 valence electrons. The number of ether oxygens (including phenoxy) is 1. The summed E-state index contributed by atoms with van der Waals surface area (Å²) in [4.78, 5) is 45.8. The van der Waals surface area contributed by atoms with E-state index in [1.165, 1.54) is 6.07 Å². The van der Waals surface area contributed by atoms with Crippen LogP contribution in [0.4, 0.5) is 11.4 Å². The highest BCUT2D eigenvalue weighted by Gasteiger charge is 2.16. The second-order valence-corrected chi connectivity index (χ2v) is 6.60. The largest absolute Gasteiger partial charge is 0.454 e. The van der Waals surface area contributed by atoms with Gasteiger partial charge in [0, 0.05) is 28.4 Å². The van der Waals surface area contributed by atoms with E-state index >= 15 is 0 Å². The van der Waals surface area contributed by atoms with Crippen molar-refractivity contribution in [2.45, 2.75) is 13.8 Å². The SMILES string of the molecule is Cc1ccc(NC(=O)COC(=O)CNC(=O)c2cc(Cl)cc([N+](=O)[O-])c2)c(C)c1. The first-order valence-corrected chi connectivity index (χ1v) is 8.79. The first kappa shape index (κ1) is 21.8. The first-order valence-electron chi connectivity index (χ1n) is 8.41. The summed E-state index contributed by atoms with van der Waals surface area (Å²) >= 11 is 5.75. The maximum atomic E-state index is 12.0. The van der Waals surface area contributed by atoms with Crippen LogP contribution in [0.1, 0.15) is 21.5 Å². The molecule has 2 rings (SSSR count). The number of rotatable bonds is 7. The van der Waals surface area contributed by atoms with Gasteiger partial charge in [0.15, 0.2) is 6.61 Å². The van der Waals surface area contributed by atoms with Gasteiger partial charge in [-0.1, -0.05) is 29.3 Å². The summed E-state index contributed by atoms with van der Waals surface area (Å²) in [7, 11) is 0. The van der Waals surface area contributed by atoms with E-state index in [-0.39, 0.29) is 16.3 Å². The fourth-order valence-corrected chi connectivity index (χ4v) is 2.63. The van der Waals surface area contributed by atoms with Crippen LogP contribution in [0.15, 0.2) is 36.4 Å². The Kier molecular flexibility index (Phi) is 7.27. The average molecular weight is 420 g/mol. The Morgan fingerprint density at radius 2 is 1.86 bits per heavy atom. The van der Waals surface area contributed by atoms with Gasteiger partial charge in [0.05, 0.1) is 4.92 Å². The lowest BCUT2D eigenvalue weighted by Gasteiger charge is -2.10. The number of hydrogen-bond acceptors (Lipinski definition) is 6. The Bertz CT molecular complexity index is 976. The monoisotopic (exact) mass is 419 g/mol. The van der Waals surface area contributed by atoms with E-state index in [1.54, 1.807) is 6.07 Å². The van der Waals surface area contributed by atoms with Crippen molar-refractivity contribution in [2.24, 2.45) is 0 Å². The summed E-state index contributed by atoms with van der Waals surface area (Å²) in [6.07, 6.45) is 0. The molecular formula is C19H18ClN3O6. The van der Waals surface area contributed by atoms with E-state index in [1.807, 2.05) is 26.0 Å². The van der Waals surface area contributed by atoms with Gasteiger partial charge < -0.3 is 15.4 Å². The number of nitro benzene ring substituents is 1. The molecule has 0 unspecified atom stereocenters. The molecule has 0 aromatic heterocycles. The predicted octanol–water partition coefficient (Wildman–Crippen LogP) is 2.78. The molecule has 2 aromatic carbocycles. The van der Waals surface area contributed by atoms with E-state index in [9.17, 15) is 24.5 Å². The van der Waals surface area contributed by atoms with Crippen molar-refractivity contribution in [3.8, 4) is 0 Å². The number of amides is 2. The van der Waals surface area contributed by atoms with Gasteiger partial charge in [-0.15, -0.1) is 0 Å². The molecule has 2 amide bonds. The van der Waals surface area contributed by atoms with E-state index in [4.69, 9.17) is 16.3 Å². The number of non-ortho nitro benzene ring substituents is 1. The number of nitrogens with one attached hydrogen (secondary N) is 2. The topological polar surface area (TPSA) is 128 Å². The maximum absolute atomic E-state index is 12.0. The van der Waals surface area contributed by atoms with Crippen LogP contribution >= 0.6 is 11.6 Å². The summed E-state index contributed by atoms with van der Waals surface area (Å²) in [5, 5.41) is 15.7. The third-order valence-corrected chi connectivity index (χ3v) is 3.99. The number of aryl methyl sites for hydroxylation is 2. The summed E-state index contributed by atoms with van der Waals surface area (Å²) < 4.78 is 4.81. The third-order valence-electron chi connectivity index (χ3n) is 3.77. The molecule has 0 spiro atoms. The van der Waals surface area contributed by atoms with Crippen LogP contribution < -0.4 is 10.6 Å². The predicted molar refractivity (Wildman–Crippen MR) is 106 cm³/mol. The van der Waals surface area contributed by atoms with Crippen molar-refractivity contribution in [3.63, 3.8) is 0 Å². The quantitative estimate of drug-likeness (QED) is 0.403. The second kappa shape index (κ2) is 9.65. The molecule has 2 aromatic rings. The summed E-state index contributed by atoms with van der Waals surface area (Å²) in [6.45, 7) is 2.72. The van der Waals surface area contributed by atoms with Gasteiger partial charge >= 0.3 is 5.97 Å². The number of hydrogen-bond donors (Lipinski definition) is 2. The standard InChI is InChI=1S/C19H18ClN3O6/c1-11-3-4-16(12(2)5-11)22-17(24)10-29-18(25)9-21-19(26)13-6-14(20)8-15(7-13)23(27)28/h3-8H,9-10H2,1-2H3,(H,21,26)(H,22,24). The second-order valence-electron chi connectivity index (χ2n) is 6.17. The van der Waals surface area contributed by atoms with Gasteiger partial charge in [0.25, 0.3) is 17.5 Å². The van der Waals surface area contributed by atoms with E-state index in [0.717, 1.165) is 23.3 Å². The Labute approximate surface area is 171 Å². The Balaban J connectivity index is 1.83. The molecule has 0 aliphatic heterocycles. The van der Waals surface area contributed by atoms with E-state index in [2.05, 4.69) is 10.6 Å². The Hall–Kier alpha value is -3.46. The fraction of sp³-hybridized carbons (Fsp3) is 0.211. The molecule has 0 bridgehead atoms. The lowest BCUT2D eigenvalue weighted by molar-refractivity contribution is -0.384. The number of nitro groups is 1. The normalized spacial score (nSPS) is 10.2. The highest BCUT2D eigenvalue weighted by Crippen LogP contribution is 2.20. The first-order chi connectivity index (χ1) is 13.7. The Morgan fingerprint density at radius 1 is 1.14 bits per heavy atom. The highest BCUT2D eigenvalue weighted by molar-refractivity contribution is 6.31. The van der Waals surface area contributed by atoms with Crippen molar-refractivity contribution >= 4 is 40.8 Å². The van der Waals surface area contributed by atoms with E-state index < -0.39 is 35.9 Å². The van der Waals surface area contributed by atoms with Gasteiger partial charge in [-0.2, -0.15) is 0 Å². The number of anilines is 1. The smallest absolute Gasteiger partial charge is 0.325 e. The molecule has 0 heterocycles. The lowest BCUT2D eigenvalue weighted by atomic mass is 10.1. The zero-order valence-corrected chi connectivity index (χ0v) is 16.4. The molecule has 0 radical (unpaired) electrons. The Morgan fingerprint density at radius 3 is 2.52 bits per heavy atom. The fourth-order valence-electron chi connectivity index (χ4n) is 2.40. The molecule has 0 atom stereocenters. The van der Waals surface area contributed by atoms with Crippen LogP contribution in [0.25, 0.3) is 0 Å². The number of halogens is 1. The minimum Gasteiger partial charge on any atom is -0.454 e. The highest BCUT2D eigenvalue weighted by atomic mass is 35.5. The number of nitrogens with zero attached hydrogens (tertiary/aromatic N) is 1. The average Bonchev–Trinajstić information content (AvgIpc) is 2.66. The van der Waals surface area contributed by atoms with Crippen molar-refractivity contribution in [1.29, 1.82) is 0 Å². The molecular weight excluding hydrogens is 402 g/mol. The van der Waals surface area contributed by atoms with Gasteiger partial charge in [-0.3, -0.25) is 24.5 Å². The minimum absolute atomic E-state index is 0.00926. The van der Waals surface area contributed by atoms with Crippen molar-refractivity contribution in [3.05, 3.63) is 68.2 Å². The zero-order chi connectivity index (χ0) is 21.6. The van der Waals surface area contributed by atoms with Crippen molar-refractivity contribution in [1.82, 2.24) is 5.32 Å². The van der Waals surface area contributed by atoms with Gasteiger partial charge in [-0.25, -0.2) is 0 Å². The van der Waals surface area contributed by atoms with Crippen LogP contribution in [0.5, 0.6) is 0 Å². The lowest BCUT2D eigenvalue weighted by Crippen LogP contribution is -2.32. The minimum atomic E-state index is -0.842. The van der Waals surface area contributed by atoms with Gasteiger partial charge in [0.2, 0.25) is 0 Å². The molecule has 0 aliphatic carbocycles. The molecule has 9 nitrogen and oxygen atoms in total. The maximum Gasteiger partial charge on any atom is 0.325 e. The van der Waals surface area contributed by atoms with Crippen LogP contribution in [0.3, 0.4) is 0 Å². The molecule has 0 aliphatic rings. The van der Waals surface area contributed by atoms with Gasteiger partial charge in [-0.05, 0) is 31.5 Å². The van der Waals surface area contributed by atoms with Crippen LogP contribution in [-0.2, 0) is 14.3 Å². The summed E-state index contributed by atoms with van der Waals surface area (Å²) in [6, 6.07) is 8.84. The van der Waals surface area contributed by atoms with Gasteiger partial charge in [0.1, 0.15) is 6.54 Å². The zero-order valence-electron chi connectivity index (χ0n) is 15.7.